The molecule has 20 heteroatoms. The van der Waals surface area contributed by atoms with E-state index in [1.807, 2.05) is 266 Å². The first-order valence-electron chi connectivity index (χ1n) is 40.0. The third-order valence-corrected chi connectivity index (χ3v) is 21.6. The molecule has 16 nitrogen and oxygen atoms in total. The second kappa shape index (κ2) is 55.4. The summed E-state index contributed by atoms with van der Waals surface area (Å²) in [5, 5.41) is 28.9. The van der Waals surface area contributed by atoms with Gasteiger partial charge in [0.15, 0.2) is 29.6 Å². The molecule has 0 aliphatic carbocycles. The fourth-order valence-electron chi connectivity index (χ4n) is 11.2. The largest absolute Gasteiger partial charge is 0.462 e. The van der Waals surface area contributed by atoms with Crippen molar-refractivity contribution >= 4 is 195 Å². The van der Waals surface area contributed by atoms with E-state index in [1.54, 1.807) is 119 Å². The molecule has 648 valence electrons. The maximum absolute atomic E-state index is 12.5. The number of ether oxygens (including phenoxy) is 2. The number of carbonyl (C=O) groups excluding carboxylic acids is 5. The molecule has 8 aromatic heterocycles. The minimum atomic E-state index is -0.354. The van der Waals surface area contributed by atoms with Crippen LogP contribution in [-0.4, -0.2) is 52.4 Å². The van der Waals surface area contributed by atoms with E-state index in [4.69, 9.17) is 30.7 Å². The molecule has 0 bridgehead atoms. The van der Waals surface area contributed by atoms with Crippen LogP contribution in [-0.2, 0) is 16.6 Å². The Bertz CT molecular complexity index is 6570. The van der Waals surface area contributed by atoms with E-state index in [0.29, 0.717) is 58.1 Å². The number of nitriles is 2. The van der Waals surface area contributed by atoms with Crippen molar-refractivity contribution in [3.05, 3.63) is 478 Å². The number of thiophene rings is 3. The highest BCUT2D eigenvalue weighted by Gasteiger charge is 2.11. The highest BCUT2D eigenvalue weighted by molar-refractivity contribution is 7.20. The molecular weight excluding hydrogens is 1710 g/mol. The van der Waals surface area contributed by atoms with Crippen LogP contribution >= 0.6 is 45.3 Å². The van der Waals surface area contributed by atoms with Crippen molar-refractivity contribution in [1.82, 2.24) is 14.5 Å². The lowest BCUT2D eigenvalue weighted by molar-refractivity contribution is -0.127. The van der Waals surface area contributed by atoms with E-state index >= 15 is 0 Å². The molecule has 0 saturated carbocycles. The van der Waals surface area contributed by atoms with Crippen molar-refractivity contribution in [2.45, 2.75) is 6.92 Å². The van der Waals surface area contributed by atoms with Gasteiger partial charge in [0.25, 0.3) is 6.47 Å². The van der Waals surface area contributed by atoms with Gasteiger partial charge in [0, 0.05) is 44.3 Å². The molecule has 0 fully saturated rings. The minimum Gasteiger partial charge on any atom is -0.462 e. The van der Waals surface area contributed by atoms with Crippen LogP contribution in [0.3, 0.4) is 0 Å². The van der Waals surface area contributed by atoms with Crippen molar-refractivity contribution in [1.29, 1.82) is 10.5 Å². The summed E-state index contributed by atoms with van der Waals surface area (Å²) in [4.78, 5) is 67.4. The van der Waals surface area contributed by atoms with Crippen LogP contribution in [0.25, 0.3) is 123 Å². The van der Waals surface area contributed by atoms with Crippen molar-refractivity contribution in [3.63, 3.8) is 0 Å². The smallest absolute Gasteiger partial charge is 0.343 e. The van der Waals surface area contributed by atoms with Crippen LogP contribution < -0.4 is 4.74 Å². The average Bonchev–Trinajstić information content (AvgIpc) is 1.80. The minimum absolute atomic E-state index is 0.0462. The molecule has 8 heterocycles. The Morgan fingerprint density at radius 3 is 1.66 bits per heavy atom. The number of nitrogens with zero attached hydrogens (tertiary/aromatic N) is 6. The summed E-state index contributed by atoms with van der Waals surface area (Å²) in [6, 6.07) is 94.9. The lowest BCUT2D eigenvalue weighted by atomic mass is 10.1. The van der Waals surface area contributed by atoms with Crippen LogP contribution in [0.5, 0.6) is 5.75 Å². The monoisotopic (exact) mass is 1790 g/mol. The van der Waals surface area contributed by atoms with Crippen LogP contribution in [0.15, 0.2) is 403 Å². The molecule has 0 amide bonds. The lowest BCUT2D eigenvalue weighted by Gasteiger charge is -2.07. The Morgan fingerprint density at radius 2 is 1.11 bits per heavy atom. The number of rotatable bonds is 19. The van der Waals surface area contributed by atoms with E-state index in [-0.39, 0.29) is 12.6 Å². The van der Waals surface area contributed by atoms with Crippen molar-refractivity contribution in [2.24, 2.45) is 7.05 Å². The zero-order chi connectivity index (χ0) is 93.8. The number of thiazole rings is 1. The molecule has 0 atom stereocenters. The van der Waals surface area contributed by atoms with Gasteiger partial charge in [-0.3, -0.25) is 19.2 Å². The van der Waals surface area contributed by atoms with Crippen LogP contribution in [0.4, 0.5) is 0 Å². The molecule has 18 rings (SSSR count). The number of aromatic nitrogens is 3. The van der Waals surface area contributed by atoms with Gasteiger partial charge < -0.3 is 27.3 Å². The van der Waals surface area contributed by atoms with E-state index in [2.05, 4.69) is 125 Å². The fraction of sp³-hybridized carbons (Fsp3) is 0.0270. The van der Waals surface area contributed by atoms with Gasteiger partial charge in [0.05, 0.1) is 56.8 Å². The summed E-state index contributed by atoms with van der Waals surface area (Å²) < 4.78 is 29.9. The number of aryl methyl sites for hydroxylation is 2. The van der Waals surface area contributed by atoms with Crippen LogP contribution in [0, 0.1) is 36.2 Å². The van der Waals surface area contributed by atoms with E-state index < -0.39 is 0 Å². The predicted octanol–water partition coefficient (Wildman–Crippen LogP) is 30.1. The van der Waals surface area contributed by atoms with Gasteiger partial charge >= 0.3 is 5.97 Å². The molecule has 0 unspecified atom stereocenters. The Balaban J connectivity index is 0.000000181. The third kappa shape index (κ3) is 33.5. The number of furan rings is 2. The number of oxazole rings is 1. The number of para-hydroxylation sites is 4. The molecular formula is C111H90N6O10S4. The van der Waals surface area contributed by atoms with Gasteiger partial charge in [-0.1, -0.05) is 246 Å². The first-order chi connectivity index (χ1) is 63.9. The summed E-state index contributed by atoms with van der Waals surface area (Å²) in [5.74, 6) is 1.96. The van der Waals surface area contributed by atoms with Crippen molar-refractivity contribution in [3.8, 4) is 17.9 Å². The van der Waals surface area contributed by atoms with E-state index in [9.17, 15) is 24.0 Å². The van der Waals surface area contributed by atoms with E-state index in [1.165, 1.54) is 42.8 Å². The number of hydrogen-bond acceptors (Lipinski definition) is 18. The molecule has 0 radical (unpaired) electrons. The summed E-state index contributed by atoms with van der Waals surface area (Å²) in [6.07, 6.45) is 24.7. The molecule has 131 heavy (non-hydrogen) atoms. The first-order valence-corrected chi connectivity index (χ1v) is 43.4. The van der Waals surface area contributed by atoms with Gasteiger partial charge in [-0.25, -0.2) is 19.6 Å². The number of fused-ring (bicyclic) bond motifs is 6. The standard InChI is InChI=1S/C23H16O2.C12H9NO3.C12H11N.C10H8O.C10H8S.C9H7NO.2C9H7NS.C7H9N.C5H4O2.C5H4OS/c1-2-16-7-8-20-15-22(12-11-19(20)13-16)25-23(24)21-10-9-17-5-3-4-6-18(17)14-21;13-6-12(8-16-9-15)5-10-1-3-11(7-14)4-2-10;1-3-11(9-13)8-12-6-4-10(2)5-7-12;2*1-2-9-7-8-5-3-4-6-10(8)11-9;2*1-2-9-10-7-5-3-4-6-8(7)11-9;1-3-8(10-2)7-9-5-4-6-11-9;1-3-7-5-4-6-8(7)2;2*6-4-5-2-1-3-7-5/h2-15H,1H2;1-5,7,9H,8H2;3-8H,1H2,2H3;2*2-7H,1H2;2*2-6H,1H2;3-7H,1H2;3-6H,1H2,2H3;2*1-4H/b;12-5+;11-8-;;;;;8-7-;;;. The molecule has 0 aliphatic heterocycles. The van der Waals surface area contributed by atoms with Crippen molar-refractivity contribution in [2.75, 3.05) is 6.61 Å². The number of aldehydes is 3. The number of carbonyl (C=O) groups is 5. The Morgan fingerprint density at radius 1 is 0.481 bits per heavy atom. The Labute approximate surface area is 777 Å². The fourth-order valence-corrected chi connectivity index (χ4v) is 14.1. The summed E-state index contributed by atoms with van der Waals surface area (Å²) in [6.45, 7) is 38.2. The third-order valence-electron chi connectivity index (χ3n) is 17.8. The molecule has 18 aromatic rings. The normalized spacial score (nSPS) is 10.1. The van der Waals surface area contributed by atoms with Gasteiger partial charge in [-0.05, 0) is 219 Å². The number of hydrogen-bond donors (Lipinski definition) is 0. The quantitative estimate of drug-likeness (QED) is 0.0183. The Hall–Kier alpha value is -16.9. The summed E-state index contributed by atoms with van der Waals surface area (Å²) in [7, 11) is 2.00. The SMILES string of the molecule is C=C/C(C#N)=C/c1ccc(C)cc1.C=Cc1cc2ccccc2o1.C=Cc1cc2ccccc2s1.C=Cc1ccc2cc(OC(=O)c3ccc4ccccc4c3)ccc2c1.C=Cc1cccn1C.C=Cc1nc2ccccc2o1.C=Cc1nc2ccccc2s1.N#C/C(=C\c1ccc(C=O)cc1)COC=O.O=Cc1ccco1.O=Cc1cccs1.[C-]#[N+]/C(C=C)=C\c1cccs1. The Kier molecular flexibility index (Phi) is 42.1. The predicted molar refractivity (Wildman–Crippen MR) is 546 cm³/mol. The van der Waals surface area contributed by atoms with Gasteiger partial charge in [-0.2, -0.15) is 10.5 Å². The molecule has 10 aromatic carbocycles. The van der Waals surface area contributed by atoms with Crippen LogP contribution in [0.1, 0.15) is 95.3 Å². The van der Waals surface area contributed by atoms with Crippen molar-refractivity contribution < 1.29 is 46.7 Å². The maximum atomic E-state index is 12.5. The second-order valence-corrected chi connectivity index (χ2v) is 31.0. The number of allylic oxidation sites excluding steroid dienone is 3. The average molecular weight is 1800 g/mol. The maximum Gasteiger partial charge on any atom is 0.343 e. The zero-order valence-electron chi connectivity index (χ0n) is 71.9. The van der Waals surface area contributed by atoms with Gasteiger partial charge in [0.1, 0.15) is 40.5 Å². The number of benzene rings is 10. The van der Waals surface area contributed by atoms with Gasteiger partial charge in [0.2, 0.25) is 5.89 Å². The topological polar surface area (TPSA) is 226 Å². The second-order valence-electron chi connectivity index (χ2n) is 26.9. The lowest BCUT2D eigenvalue weighted by Crippen LogP contribution is -2.08. The molecule has 0 spiro atoms. The first kappa shape index (κ1) is 99.5. The van der Waals surface area contributed by atoms with E-state index in [0.717, 1.165) is 105 Å². The zero-order valence-corrected chi connectivity index (χ0v) is 75.1. The number of esters is 1. The van der Waals surface area contributed by atoms with Crippen LogP contribution in [0.2, 0.25) is 0 Å². The van der Waals surface area contributed by atoms with Gasteiger partial charge in [-0.15, -0.1) is 51.9 Å². The highest BCUT2D eigenvalue weighted by atomic mass is 32.1. The molecule has 0 saturated heterocycles. The molecule has 0 aliphatic rings. The summed E-state index contributed by atoms with van der Waals surface area (Å²) in [5.41, 5.74) is 11.5. The molecule has 0 N–H and O–H groups in total. The summed E-state index contributed by atoms with van der Waals surface area (Å²) >= 11 is 6.52. The highest BCUT2D eigenvalue weighted by Crippen LogP contribution is 2.28.